The van der Waals surface area contributed by atoms with Gasteiger partial charge in [-0.15, -0.1) is 0 Å². The fourth-order valence-electron chi connectivity index (χ4n) is 2.86. The molecule has 0 aliphatic heterocycles. The van der Waals surface area contributed by atoms with Crippen molar-refractivity contribution in [1.82, 2.24) is 4.98 Å². The van der Waals surface area contributed by atoms with Crippen molar-refractivity contribution in [3.63, 3.8) is 0 Å². The third kappa shape index (κ3) is 4.23. The second-order valence-electron chi connectivity index (χ2n) is 6.35. The summed E-state index contributed by atoms with van der Waals surface area (Å²) < 4.78 is 10.5. The van der Waals surface area contributed by atoms with Crippen LogP contribution >= 0.6 is 0 Å². The van der Waals surface area contributed by atoms with E-state index in [1.54, 1.807) is 32.5 Å². The third-order valence-corrected chi connectivity index (χ3v) is 4.40. The predicted molar refractivity (Wildman–Crippen MR) is 111 cm³/mol. The van der Waals surface area contributed by atoms with E-state index in [1.807, 2.05) is 50.2 Å². The Bertz CT molecular complexity index is 965. The van der Waals surface area contributed by atoms with Crippen molar-refractivity contribution in [3.05, 3.63) is 71.4 Å². The first-order valence-corrected chi connectivity index (χ1v) is 8.84. The van der Waals surface area contributed by atoms with E-state index in [9.17, 15) is 4.79 Å². The van der Waals surface area contributed by atoms with E-state index < -0.39 is 0 Å². The van der Waals surface area contributed by atoms with Crippen molar-refractivity contribution in [3.8, 4) is 11.5 Å². The SMILES string of the molecule is COc1ccc(Nc2ccc(C(=O)Nc3c(C)cccc3C)cn2)cc1OC. The number of hydrogen-bond donors (Lipinski definition) is 2. The van der Waals surface area contributed by atoms with Gasteiger partial charge in [-0.05, 0) is 49.2 Å². The highest BCUT2D eigenvalue weighted by molar-refractivity contribution is 6.05. The number of para-hydroxylation sites is 1. The van der Waals surface area contributed by atoms with Gasteiger partial charge >= 0.3 is 0 Å². The summed E-state index contributed by atoms with van der Waals surface area (Å²) in [6.45, 7) is 3.94. The molecule has 2 N–H and O–H groups in total. The molecule has 3 aromatic rings. The van der Waals surface area contributed by atoms with E-state index in [-0.39, 0.29) is 5.91 Å². The lowest BCUT2D eigenvalue weighted by Gasteiger charge is -2.12. The van der Waals surface area contributed by atoms with Gasteiger partial charge in [-0.1, -0.05) is 18.2 Å². The average molecular weight is 377 g/mol. The second kappa shape index (κ2) is 8.43. The smallest absolute Gasteiger partial charge is 0.257 e. The van der Waals surface area contributed by atoms with Gasteiger partial charge in [0.05, 0.1) is 19.8 Å². The fraction of sp³-hybridized carbons (Fsp3) is 0.182. The van der Waals surface area contributed by atoms with Crippen LogP contribution in [0, 0.1) is 13.8 Å². The highest BCUT2D eigenvalue weighted by Gasteiger charge is 2.11. The topological polar surface area (TPSA) is 72.5 Å². The number of amides is 1. The molecule has 0 aliphatic carbocycles. The quantitative estimate of drug-likeness (QED) is 0.651. The average Bonchev–Trinajstić information content (AvgIpc) is 2.71. The van der Waals surface area contributed by atoms with Crippen LogP contribution in [0.1, 0.15) is 21.5 Å². The molecule has 0 unspecified atom stereocenters. The van der Waals surface area contributed by atoms with Crippen LogP contribution in [0.3, 0.4) is 0 Å². The Morgan fingerprint density at radius 1 is 0.929 bits per heavy atom. The van der Waals surface area contributed by atoms with Gasteiger partial charge in [0.1, 0.15) is 5.82 Å². The van der Waals surface area contributed by atoms with E-state index >= 15 is 0 Å². The molecule has 0 spiro atoms. The number of aryl methyl sites for hydroxylation is 2. The number of anilines is 3. The molecule has 28 heavy (non-hydrogen) atoms. The van der Waals surface area contributed by atoms with Gasteiger partial charge in [0.25, 0.3) is 5.91 Å². The zero-order chi connectivity index (χ0) is 20.1. The van der Waals surface area contributed by atoms with Crippen molar-refractivity contribution in [2.75, 3.05) is 24.9 Å². The molecule has 0 fully saturated rings. The van der Waals surface area contributed by atoms with Gasteiger partial charge in [0.15, 0.2) is 11.5 Å². The third-order valence-electron chi connectivity index (χ3n) is 4.40. The number of hydrogen-bond acceptors (Lipinski definition) is 5. The summed E-state index contributed by atoms with van der Waals surface area (Å²) in [5, 5.41) is 6.15. The van der Waals surface area contributed by atoms with Crippen LogP contribution in [0.2, 0.25) is 0 Å². The summed E-state index contributed by atoms with van der Waals surface area (Å²) in [6.07, 6.45) is 1.55. The van der Waals surface area contributed by atoms with E-state index in [1.165, 1.54) is 0 Å². The molecule has 0 atom stereocenters. The summed E-state index contributed by atoms with van der Waals surface area (Å²) >= 11 is 0. The lowest BCUT2D eigenvalue weighted by Crippen LogP contribution is -2.14. The Balaban J connectivity index is 1.72. The van der Waals surface area contributed by atoms with E-state index in [0.717, 1.165) is 22.5 Å². The molecule has 0 bridgehead atoms. The number of nitrogens with one attached hydrogen (secondary N) is 2. The first-order chi connectivity index (χ1) is 13.5. The van der Waals surface area contributed by atoms with Gasteiger partial charge in [0, 0.05) is 23.6 Å². The molecular formula is C22H23N3O3. The molecule has 1 amide bonds. The molecule has 1 aromatic heterocycles. The number of methoxy groups -OCH3 is 2. The Labute approximate surface area is 164 Å². The number of benzene rings is 2. The molecule has 0 saturated heterocycles. The van der Waals surface area contributed by atoms with Crippen molar-refractivity contribution >= 4 is 23.1 Å². The lowest BCUT2D eigenvalue weighted by molar-refractivity contribution is 0.102. The summed E-state index contributed by atoms with van der Waals surface area (Å²) in [4.78, 5) is 16.9. The molecule has 0 aliphatic rings. The minimum absolute atomic E-state index is 0.192. The Morgan fingerprint density at radius 3 is 2.25 bits per heavy atom. The van der Waals surface area contributed by atoms with Crippen LogP contribution < -0.4 is 20.1 Å². The number of rotatable bonds is 6. The zero-order valence-electron chi connectivity index (χ0n) is 16.4. The maximum absolute atomic E-state index is 12.5. The van der Waals surface area contributed by atoms with Gasteiger partial charge in [-0.2, -0.15) is 0 Å². The molecule has 6 nitrogen and oxygen atoms in total. The number of ether oxygens (including phenoxy) is 2. The fourth-order valence-corrected chi connectivity index (χ4v) is 2.86. The summed E-state index contributed by atoms with van der Waals surface area (Å²) in [5.41, 5.74) is 4.17. The Morgan fingerprint density at radius 2 is 1.64 bits per heavy atom. The summed E-state index contributed by atoms with van der Waals surface area (Å²) in [7, 11) is 3.18. The van der Waals surface area contributed by atoms with Gasteiger partial charge in [-0.25, -0.2) is 4.98 Å². The molecule has 3 rings (SSSR count). The minimum Gasteiger partial charge on any atom is -0.493 e. The van der Waals surface area contributed by atoms with Crippen LogP contribution in [-0.4, -0.2) is 25.1 Å². The Hall–Kier alpha value is -3.54. The van der Waals surface area contributed by atoms with Crippen molar-refractivity contribution in [1.29, 1.82) is 0 Å². The van der Waals surface area contributed by atoms with E-state index in [2.05, 4.69) is 15.6 Å². The lowest BCUT2D eigenvalue weighted by atomic mass is 10.1. The van der Waals surface area contributed by atoms with Gasteiger partial charge < -0.3 is 20.1 Å². The highest BCUT2D eigenvalue weighted by atomic mass is 16.5. The Kier molecular flexibility index (Phi) is 5.79. The number of carbonyl (C=O) groups is 1. The normalized spacial score (nSPS) is 10.3. The van der Waals surface area contributed by atoms with Crippen molar-refractivity contribution < 1.29 is 14.3 Å². The molecule has 0 radical (unpaired) electrons. The van der Waals surface area contributed by atoms with E-state index in [4.69, 9.17) is 9.47 Å². The molecule has 6 heteroatoms. The molecule has 2 aromatic carbocycles. The number of aromatic nitrogens is 1. The van der Waals surface area contributed by atoms with Crippen LogP contribution in [0.25, 0.3) is 0 Å². The first kappa shape index (κ1) is 19.2. The van der Waals surface area contributed by atoms with Crippen LogP contribution in [0.5, 0.6) is 11.5 Å². The zero-order valence-corrected chi connectivity index (χ0v) is 16.4. The number of nitrogens with zero attached hydrogens (tertiary/aromatic N) is 1. The number of pyridine rings is 1. The predicted octanol–water partition coefficient (Wildman–Crippen LogP) is 4.71. The highest BCUT2D eigenvalue weighted by Crippen LogP contribution is 2.30. The van der Waals surface area contributed by atoms with Crippen LogP contribution in [-0.2, 0) is 0 Å². The molecular weight excluding hydrogens is 354 g/mol. The molecule has 1 heterocycles. The van der Waals surface area contributed by atoms with Crippen molar-refractivity contribution in [2.45, 2.75) is 13.8 Å². The number of carbonyl (C=O) groups excluding carboxylic acids is 1. The van der Waals surface area contributed by atoms with Crippen molar-refractivity contribution in [2.24, 2.45) is 0 Å². The van der Waals surface area contributed by atoms with Crippen LogP contribution in [0.4, 0.5) is 17.2 Å². The molecule has 0 saturated carbocycles. The maximum atomic E-state index is 12.5. The molecule has 144 valence electrons. The minimum atomic E-state index is -0.192. The summed E-state index contributed by atoms with van der Waals surface area (Å²) in [5.74, 6) is 1.70. The summed E-state index contributed by atoms with van der Waals surface area (Å²) in [6, 6.07) is 14.9. The monoisotopic (exact) mass is 377 g/mol. The van der Waals surface area contributed by atoms with Gasteiger partial charge in [-0.3, -0.25) is 4.79 Å². The van der Waals surface area contributed by atoms with Crippen LogP contribution in [0.15, 0.2) is 54.7 Å². The van der Waals surface area contributed by atoms with E-state index in [0.29, 0.717) is 22.9 Å². The van der Waals surface area contributed by atoms with Gasteiger partial charge in [0.2, 0.25) is 0 Å². The standard InChI is InChI=1S/C22H23N3O3/c1-14-6-5-7-15(2)21(14)25-22(26)16-8-11-20(23-13-16)24-17-9-10-18(27-3)19(12-17)28-4/h5-13H,1-4H3,(H,23,24)(H,25,26). The second-order valence-corrected chi connectivity index (χ2v) is 6.35. The first-order valence-electron chi connectivity index (χ1n) is 8.84. The largest absolute Gasteiger partial charge is 0.493 e. The maximum Gasteiger partial charge on any atom is 0.257 e.